The Bertz CT molecular complexity index is 822. The summed E-state index contributed by atoms with van der Waals surface area (Å²) in [6, 6.07) is 21.3. The lowest BCUT2D eigenvalue weighted by molar-refractivity contribution is -0.141. The number of benzene rings is 2. The van der Waals surface area contributed by atoms with Crippen LogP contribution in [0.5, 0.6) is 0 Å². The SMILES string of the molecule is CC(OC(=O)c1ccsc1)C(=O)N(Cc1ccccc1)Cc1ccccc1. The molecular formula is C22H21NO3S. The minimum atomic E-state index is -0.857. The van der Waals surface area contributed by atoms with Gasteiger partial charge in [-0.15, -0.1) is 0 Å². The molecule has 0 aliphatic heterocycles. The van der Waals surface area contributed by atoms with Gasteiger partial charge in [-0.25, -0.2) is 4.79 Å². The quantitative estimate of drug-likeness (QED) is 0.567. The fourth-order valence-corrected chi connectivity index (χ4v) is 3.36. The van der Waals surface area contributed by atoms with Crippen LogP contribution in [0.15, 0.2) is 77.5 Å². The smallest absolute Gasteiger partial charge is 0.339 e. The first kappa shape index (κ1) is 18.9. The van der Waals surface area contributed by atoms with Gasteiger partial charge in [0.25, 0.3) is 5.91 Å². The Hall–Kier alpha value is -2.92. The molecule has 1 aromatic heterocycles. The van der Waals surface area contributed by atoms with E-state index < -0.39 is 12.1 Å². The van der Waals surface area contributed by atoms with Crippen LogP contribution in [0.4, 0.5) is 0 Å². The summed E-state index contributed by atoms with van der Waals surface area (Å²) in [7, 11) is 0. The van der Waals surface area contributed by atoms with Gasteiger partial charge in [0, 0.05) is 18.5 Å². The molecule has 1 unspecified atom stereocenters. The first-order chi connectivity index (χ1) is 13.1. The molecule has 3 rings (SSSR count). The maximum absolute atomic E-state index is 13.0. The highest BCUT2D eigenvalue weighted by Crippen LogP contribution is 2.14. The molecule has 5 heteroatoms. The largest absolute Gasteiger partial charge is 0.449 e. The van der Waals surface area contributed by atoms with E-state index in [9.17, 15) is 9.59 Å². The Morgan fingerprint density at radius 1 is 0.926 bits per heavy atom. The summed E-state index contributed by atoms with van der Waals surface area (Å²) >= 11 is 1.42. The van der Waals surface area contributed by atoms with Crippen LogP contribution in [-0.2, 0) is 22.6 Å². The number of carbonyl (C=O) groups is 2. The van der Waals surface area contributed by atoms with Gasteiger partial charge in [0.15, 0.2) is 6.10 Å². The van der Waals surface area contributed by atoms with Gasteiger partial charge in [0.2, 0.25) is 0 Å². The van der Waals surface area contributed by atoms with Crippen molar-refractivity contribution in [3.8, 4) is 0 Å². The molecule has 1 amide bonds. The van der Waals surface area contributed by atoms with E-state index in [1.165, 1.54) is 11.3 Å². The Morgan fingerprint density at radius 3 is 1.96 bits per heavy atom. The normalized spacial score (nSPS) is 11.6. The second-order valence-electron chi connectivity index (χ2n) is 6.23. The van der Waals surface area contributed by atoms with Gasteiger partial charge < -0.3 is 9.64 Å². The van der Waals surface area contributed by atoms with Crippen molar-refractivity contribution in [1.29, 1.82) is 0 Å². The van der Waals surface area contributed by atoms with Crippen molar-refractivity contribution >= 4 is 23.2 Å². The predicted octanol–water partition coefficient (Wildman–Crippen LogP) is 4.52. The summed E-state index contributed by atoms with van der Waals surface area (Å²) < 4.78 is 5.39. The minimum absolute atomic E-state index is 0.216. The molecule has 3 aromatic rings. The van der Waals surface area contributed by atoms with E-state index >= 15 is 0 Å². The summed E-state index contributed by atoms with van der Waals surface area (Å²) in [6.07, 6.45) is -0.857. The first-order valence-corrected chi connectivity index (χ1v) is 9.67. The number of esters is 1. The zero-order valence-corrected chi connectivity index (χ0v) is 15.9. The molecule has 0 aliphatic rings. The molecule has 4 nitrogen and oxygen atoms in total. The van der Waals surface area contributed by atoms with Crippen LogP contribution in [0.1, 0.15) is 28.4 Å². The van der Waals surface area contributed by atoms with E-state index in [0.29, 0.717) is 18.7 Å². The van der Waals surface area contributed by atoms with E-state index in [0.717, 1.165) is 11.1 Å². The molecule has 1 atom stereocenters. The number of hydrogen-bond donors (Lipinski definition) is 0. The molecule has 0 saturated carbocycles. The second-order valence-corrected chi connectivity index (χ2v) is 7.01. The van der Waals surface area contributed by atoms with Crippen LogP contribution in [-0.4, -0.2) is 22.9 Å². The van der Waals surface area contributed by atoms with E-state index in [1.807, 2.05) is 60.7 Å². The number of nitrogens with zero attached hydrogens (tertiary/aromatic N) is 1. The average Bonchev–Trinajstić information content (AvgIpc) is 3.23. The lowest BCUT2D eigenvalue weighted by Gasteiger charge is -2.26. The molecule has 0 radical (unpaired) electrons. The maximum atomic E-state index is 13.0. The predicted molar refractivity (Wildman–Crippen MR) is 106 cm³/mol. The van der Waals surface area contributed by atoms with Gasteiger partial charge in [-0.2, -0.15) is 11.3 Å². The van der Waals surface area contributed by atoms with E-state index in [4.69, 9.17) is 4.74 Å². The summed E-state index contributed by atoms with van der Waals surface area (Å²) in [5.74, 6) is -0.692. The molecule has 0 fully saturated rings. The van der Waals surface area contributed by atoms with Crippen molar-refractivity contribution < 1.29 is 14.3 Å². The van der Waals surface area contributed by atoms with Crippen molar-refractivity contribution in [2.45, 2.75) is 26.1 Å². The molecule has 2 aromatic carbocycles. The molecule has 0 aliphatic carbocycles. The second kappa shape index (κ2) is 9.14. The number of carbonyl (C=O) groups excluding carboxylic acids is 2. The van der Waals surface area contributed by atoms with Gasteiger partial charge in [0.05, 0.1) is 5.56 Å². The van der Waals surface area contributed by atoms with E-state index in [-0.39, 0.29) is 5.91 Å². The Labute approximate surface area is 163 Å². The lowest BCUT2D eigenvalue weighted by Crippen LogP contribution is -2.39. The Kier molecular flexibility index (Phi) is 6.39. The number of thiophene rings is 1. The first-order valence-electron chi connectivity index (χ1n) is 8.73. The number of rotatable bonds is 7. The third kappa shape index (κ3) is 5.28. The van der Waals surface area contributed by atoms with Crippen LogP contribution in [0.25, 0.3) is 0 Å². The fraction of sp³-hybridized carbons (Fsp3) is 0.182. The summed E-state index contributed by atoms with van der Waals surface area (Å²) in [5, 5.41) is 3.52. The third-order valence-corrected chi connectivity index (χ3v) is 4.82. The standard InChI is InChI=1S/C22H21NO3S/c1-17(26-22(25)20-12-13-27-16-20)21(24)23(14-18-8-4-2-5-9-18)15-19-10-6-3-7-11-19/h2-13,16-17H,14-15H2,1H3. The van der Waals surface area contributed by atoms with Gasteiger partial charge >= 0.3 is 5.97 Å². The van der Waals surface area contributed by atoms with Gasteiger partial charge in [-0.3, -0.25) is 4.79 Å². The zero-order chi connectivity index (χ0) is 19.1. The summed E-state index contributed by atoms with van der Waals surface area (Å²) in [5.41, 5.74) is 2.52. The van der Waals surface area contributed by atoms with Gasteiger partial charge in [-0.1, -0.05) is 60.7 Å². The minimum Gasteiger partial charge on any atom is -0.449 e. The zero-order valence-electron chi connectivity index (χ0n) is 15.1. The lowest BCUT2D eigenvalue weighted by atomic mass is 10.1. The molecule has 0 bridgehead atoms. The number of hydrogen-bond acceptors (Lipinski definition) is 4. The van der Waals surface area contributed by atoms with E-state index in [2.05, 4.69) is 0 Å². The van der Waals surface area contributed by atoms with Gasteiger partial charge in [0.1, 0.15) is 0 Å². The van der Waals surface area contributed by atoms with Crippen molar-refractivity contribution in [1.82, 2.24) is 4.90 Å². The van der Waals surface area contributed by atoms with Gasteiger partial charge in [-0.05, 0) is 29.5 Å². The number of amides is 1. The van der Waals surface area contributed by atoms with E-state index in [1.54, 1.807) is 28.7 Å². The average molecular weight is 379 g/mol. The summed E-state index contributed by atoms with van der Waals surface area (Å²) in [4.78, 5) is 26.9. The van der Waals surface area contributed by atoms with Crippen LogP contribution in [0, 0.1) is 0 Å². The Balaban J connectivity index is 1.73. The fourth-order valence-electron chi connectivity index (χ4n) is 2.74. The Morgan fingerprint density at radius 2 is 1.48 bits per heavy atom. The highest BCUT2D eigenvalue weighted by atomic mass is 32.1. The van der Waals surface area contributed by atoms with Crippen LogP contribution in [0.2, 0.25) is 0 Å². The van der Waals surface area contributed by atoms with Crippen molar-refractivity contribution in [2.24, 2.45) is 0 Å². The molecule has 0 spiro atoms. The monoisotopic (exact) mass is 379 g/mol. The molecular weight excluding hydrogens is 358 g/mol. The van der Waals surface area contributed by atoms with Crippen LogP contribution >= 0.6 is 11.3 Å². The molecule has 0 saturated heterocycles. The molecule has 27 heavy (non-hydrogen) atoms. The molecule has 0 N–H and O–H groups in total. The topological polar surface area (TPSA) is 46.6 Å². The van der Waals surface area contributed by atoms with Crippen molar-refractivity contribution in [3.63, 3.8) is 0 Å². The van der Waals surface area contributed by atoms with Crippen LogP contribution in [0.3, 0.4) is 0 Å². The highest BCUT2D eigenvalue weighted by Gasteiger charge is 2.25. The van der Waals surface area contributed by atoms with Crippen molar-refractivity contribution in [3.05, 3.63) is 94.2 Å². The molecule has 138 valence electrons. The molecule has 1 heterocycles. The van der Waals surface area contributed by atoms with Crippen LogP contribution < -0.4 is 0 Å². The highest BCUT2D eigenvalue weighted by molar-refractivity contribution is 7.08. The maximum Gasteiger partial charge on any atom is 0.339 e. The third-order valence-electron chi connectivity index (χ3n) is 4.13. The summed E-state index contributed by atoms with van der Waals surface area (Å²) in [6.45, 7) is 2.53. The number of ether oxygens (including phenoxy) is 1. The van der Waals surface area contributed by atoms with Crippen molar-refractivity contribution in [2.75, 3.05) is 0 Å².